The smallest absolute Gasteiger partial charge is 0.276 e. The summed E-state index contributed by atoms with van der Waals surface area (Å²) in [5.74, 6) is -0.0792. The molecule has 0 bridgehead atoms. The number of hydrogen-bond donors (Lipinski definition) is 1. The van der Waals surface area contributed by atoms with E-state index in [-0.39, 0.29) is 11.8 Å². The van der Waals surface area contributed by atoms with Gasteiger partial charge < -0.3 is 10.2 Å². The van der Waals surface area contributed by atoms with Crippen LogP contribution in [0.25, 0.3) is 5.69 Å². The van der Waals surface area contributed by atoms with Crippen LogP contribution in [0.2, 0.25) is 0 Å². The molecule has 2 amide bonds. The highest BCUT2D eigenvalue weighted by molar-refractivity contribution is 5.93. The molecule has 1 aromatic heterocycles. The summed E-state index contributed by atoms with van der Waals surface area (Å²) in [5, 5.41) is 11.0. The molecule has 0 aliphatic carbocycles. The molecule has 0 saturated carbocycles. The normalized spacial score (nSPS) is 23.5. The van der Waals surface area contributed by atoms with Crippen molar-refractivity contribution in [2.24, 2.45) is 5.41 Å². The number of likely N-dealkylation sites (tertiary alicyclic amines) is 1. The van der Waals surface area contributed by atoms with Gasteiger partial charge in [-0.05, 0) is 31.4 Å². The van der Waals surface area contributed by atoms with Crippen LogP contribution in [0.1, 0.15) is 29.8 Å². The topological polar surface area (TPSA) is 80.1 Å². The van der Waals surface area contributed by atoms with Crippen molar-refractivity contribution in [3.63, 3.8) is 0 Å². The number of para-hydroxylation sites is 1. The highest BCUT2D eigenvalue weighted by atomic mass is 16.2. The maximum atomic E-state index is 12.7. The molecular weight excluding hydrogens is 306 g/mol. The average molecular weight is 325 g/mol. The third-order valence-corrected chi connectivity index (χ3v) is 4.97. The van der Waals surface area contributed by atoms with Crippen LogP contribution in [0.4, 0.5) is 0 Å². The second-order valence-corrected chi connectivity index (χ2v) is 6.50. The number of carbonyl (C=O) groups is 2. The second-order valence-electron chi connectivity index (χ2n) is 6.50. The van der Waals surface area contributed by atoms with E-state index in [1.807, 2.05) is 30.3 Å². The predicted octanol–water partition coefficient (Wildman–Crippen LogP) is 1.01. The maximum absolute atomic E-state index is 12.7. The summed E-state index contributed by atoms with van der Waals surface area (Å²) in [6.45, 7) is 1.79. The number of piperidine rings is 1. The minimum atomic E-state index is -0.413. The van der Waals surface area contributed by atoms with Crippen LogP contribution in [0.15, 0.2) is 36.5 Å². The van der Waals surface area contributed by atoms with Gasteiger partial charge in [0.25, 0.3) is 5.91 Å². The van der Waals surface area contributed by atoms with E-state index in [0.29, 0.717) is 18.8 Å². The van der Waals surface area contributed by atoms with Crippen molar-refractivity contribution in [3.05, 3.63) is 42.2 Å². The molecule has 0 radical (unpaired) electrons. The van der Waals surface area contributed by atoms with Gasteiger partial charge in [-0.1, -0.05) is 23.4 Å². The molecule has 1 N–H and O–H groups in total. The van der Waals surface area contributed by atoms with Crippen LogP contribution in [0.5, 0.6) is 0 Å². The Morgan fingerprint density at radius 3 is 2.83 bits per heavy atom. The number of benzene rings is 1. The molecule has 1 atom stereocenters. The van der Waals surface area contributed by atoms with Gasteiger partial charge >= 0.3 is 0 Å². The van der Waals surface area contributed by atoms with Crippen molar-refractivity contribution in [2.45, 2.75) is 19.3 Å². The molecule has 1 spiro atoms. The van der Waals surface area contributed by atoms with Gasteiger partial charge in [-0.25, -0.2) is 4.68 Å². The molecule has 1 aromatic carbocycles. The third kappa shape index (κ3) is 2.46. The van der Waals surface area contributed by atoms with Crippen molar-refractivity contribution >= 4 is 11.8 Å². The maximum Gasteiger partial charge on any atom is 0.276 e. The van der Waals surface area contributed by atoms with Gasteiger partial charge in [0.2, 0.25) is 5.91 Å². The minimum Gasteiger partial charge on any atom is -0.356 e. The van der Waals surface area contributed by atoms with Gasteiger partial charge in [0.05, 0.1) is 17.3 Å². The van der Waals surface area contributed by atoms with Crippen LogP contribution in [-0.2, 0) is 4.79 Å². The van der Waals surface area contributed by atoms with E-state index in [9.17, 15) is 9.59 Å². The van der Waals surface area contributed by atoms with Crippen LogP contribution in [0, 0.1) is 5.41 Å². The molecule has 124 valence electrons. The van der Waals surface area contributed by atoms with Gasteiger partial charge in [0.15, 0.2) is 5.69 Å². The van der Waals surface area contributed by atoms with E-state index in [1.165, 1.54) is 0 Å². The Bertz CT molecular complexity index is 772. The quantitative estimate of drug-likeness (QED) is 0.893. The van der Waals surface area contributed by atoms with Crippen LogP contribution in [0.3, 0.4) is 0 Å². The fourth-order valence-corrected chi connectivity index (χ4v) is 3.60. The van der Waals surface area contributed by atoms with E-state index in [2.05, 4.69) is 15.6 Å². The zero-order valence-corrected chi connectivity index (χ0v) is 13.3. The summed E-state index contributed by atoms with van der Waals surface area (Å²) in [6, 6.07) is 9.54. The second kappa shape index (κ2) is 5.74. The summed E-state index contributed by atoms with van der Waals surface area (Å²) in [5.41, 5.74) is 0.754. The van der Waals surface area contributed by atoms with E-state index >= 15 is 0 Å². The Morgan fingerprint density at radius 2 is 2.04 bits per heavy atom. The monoisotopic (exact) mass is 325 g/mol. The first kappa shape index (κ1) is 14.9. The Morgan fingerprint density at radius 1 is 1.21 bits per heavy atom. The van der Waals surface area contributed by atoms with Crippen molar-refractivity contribution < 1.29 is 9.59 Å². The van der Waals surface area contributed by atoms with E-state index in [0.717, 1.165) is 31.5 Å². The number of carbonyl (C=O) groups excluding carboxylic acids is 2. The lowest BCUT2D eigenvalue weighted by Gasteiger charge is -2.31. The highest BCUT2D eigenvalue weighted by Crippen LogP contribution is 2.37. The Hall–Kier alpha value is -2.70. The van der Waals surface area contributed by atoms with Gasteiger partial charge in [-0.2, -0.15) is 0 Å². The summed E-state index contributed by atoms with van der Waals surface area (Å²) in [4.78, 5) is 26.7. The number of hydrogen-bond acceptors (Lipinski definition) is 4. The predicted molar refractivity (Wildman–Crippen MR) is 86.6 cm³/mol. The summed E-state index contributed by atoms with van der Waals surface area (Å²) < 4.78 is 1.59. The first-order valence-electron chi connectivity index (χ1n) is 8.23. The van der Waals surface area contributed by atoms with Crippen LogP contribution < -0.4 is 5.32 Å². The van der Waals surface area contributed by atoms with E-state index in [1.54, 1.807) is 15.8 Å². The van der Waals surface area contributed by atoms with Crippen LogP contribution in [-0.4, -0.2) is 51.3 Å². The first-order chi connectivity index (χ1) is 11.7. The van der Waals surface area contributed by atoms with E-state index < -0.39 is 5.41 Å². The molecule has 7 heteroatoms. The van der Waals surface area contributed by atoms with Crippen molar-refractivity contribution in [3.8, 4) is 5.69 Å². The molecule has 24 heavy (non-hydrogen) atoms. The first-order valence-corrected chi connectivity index (χ1v) is 8.23. The fourth-order valence-electron chi connectivity index (χ4n) is 3.60. The summed E-state index contributed by atoms with van der Waals surface area (Å²) in [7, 11) is 0. The molecule has 0 unspecified atom stereocenters. The molecule has 3 heterocycles. The Balaban J connectivity index is 1.51. The summed E-state index contributed by atoms with van der Waals surface area (Å²) >= 11 is 0. The molecule has 2 fully saturated rings. The number of amides is 2. The summed E-state index contributed by atoms with van der Waals surface area (Å²) in [6.07, 6.45) is 4.18. The number of nitrogens with zero attached hydrogens (tertiary/aromatic N) is 4. The Kier molecular flexibility index (Phi) is 3.55. The van der Waals surface area contributed by atoms with Crippen molar-refractivity contribution in [1.82, 2.24) is 25.2 Å². The standard InChI is InChI=1S/C17H19N5O2/c23-15(14-11-22(20-19-14)13-5-2-1-3-6-13)21-10-8-17(12-21)7-4-9-18-16(17)24/h1-3,5-6,11H,4,7-10,12H2,(H,18,24)/t17-/m1/s1. The number of aromatic nitrogens is 3. The fraction of sp³-hybridized carbons (Fsp3) is 0.412. The molecule has 2 aliphatic rings. The van der Waals surface area contributed by atoms with Gasteiger partial charge in [-0.3, -0.25) is 9.59 Å². The molecule has 2 saturated heterocycles. The lowest BCUT2D eigenvalue weighted by atomic mass is 9.79. The lowest BCUT2D eigenvalue weighted by molar-refractivity contribution is -0.132. The van der Waals surface area contributed by atoms with Gasteiger partial charge in [0, 0.05) is 19.6 Å². The zero-order valence-electron chi connectivity index (χ0n) is 13.3. The molecule has 4 rings (SSSR count). The van der Waals surface area contributed by atoms with E-state index in [4.69, 9.17) is 0 Å². The number of rotatable bonds is 2. The van der Waals surface area contributed by atoms with Crippen molar-refractivity contribution in [2.75, 3.05) is 19.6 Å². The zero-order chi connectivity index (χ0) is 16.6. The molecule has 2 aliphatic heterocycles. The number of nitrogens with one attached hydrogen (secondary N) is 1. The molecule has 2 aromatic rings. The Labute approximate surface area is 139 Å². The highest BCUT2D eigenvalue weighted by Gasteiger charge is 2.47. The average Bonchev–Trinajstić information content (AvgIpc) is 3.26. The minimum absolute atomic E-state index is 0.0805. The largest absolute Gasteiger partial charge is 0.356 e. The lowest BCUT2D eigenvalue weighted by Crippen LogP contribution is -2.47. The van der Waals surface area contributed by atoms with Gasteiger partial charge in [0.1, 0.15) is 0 Å². The van der Waals surface area contributed by atoms with Crippen molar-refractivity contribution in [1.29, 1.82) is 0 Å². The molecule has 7 nitrogen and oxygen atoms in total. The molecular formula is C17H19N5O2. The van der Waals surface area contributed by atoms with Crippen LogP contribution >= 0.6 is 0 Å². The van der Waals surface area contributed by atoms with Gasteiger partial charge in [-0.15, -0.1) is 5.10 Å². The SMILES string of the molecule is O=C(c1cn(-c2ccccc2)nn1)N1CC[C@]2(CCCNC2=O)C1. The third-order valence-electron chi connectivity index (χ3n) is 4.97.